The van der Waals surface area contributed by atoms with Crippen molar-refractivity contribution in [3.8, 4) is 0 Å². The van der Waals surface area contributed by atoms with Crippen LogP contribution in [0.5, 0.6) is 0 Å². The van der Waals surface area contributed by atoms with Gasteiger partial charge in [-0.1, -0.05) is 12.1 Å². The molecule has 0 aromatic heterocycles. The van der Waals surface area contributed by atoms with Crippen molar-refractivity contribution in [1.82, 2.24) is 0 Å². The highest BCUT2D eigenvalue weighted by atomic mass is 32.2. The Labute approximate surface area is 139 Å². The summed E-state index contributed by atoms with van der Waals surface area (Å²) in [5.41, 5.74) is 2.73. The van der Waals surface area contributed by atoms with Gasteiger partial charge in [0.2, 0.25) is 0 Å². The van der Waals surface area contributed by atoms with Gasteiger partial charge in [0.1, 0.15) is 0 Å². The van der Waals surface area contributed by atoms with E-state index >= 15 is 0 Å². The van der Waals surface area contributed by atoms with Crippen LogP contribution in [0.2, 0.25) is 0 Å². The van der Waals surface area contributed by atoms with Gasteiger partial charge in [0.05, 0.1) is 10.8 Å². The molecule has 1 unspecified atom stereocenters. The lowest BCUT2D eigenvalue weighted by Gasteiger charge is -2.05. The van der Waals surface area contributed by atoms with Crippen molar-refractivity contribution in [3.05, 3.63) is 64.7 Å². The molecule has 5 nitrogen and oxygen atoms in total. The van der Waals surface area contributed by atoms with Gasteiger partial charge in [0, 0.05) is 17.4 Å². The van der Waals surface area contributed by atoms with Crippen molar-refractivity contribution in [1.29, 1.82) is 0 Å². The van der Waals surface area contributed by atoms with Crippen LogP contribution in [0, 0.1) is 5.92 Å². The quantitative estimate of drug-likeness (QED) is 0.858. The fourth-order valence-electron chi connectivity index (χ4n) is 2.95. The molecule has 0 saturated carbocycles. The number of carbonyl (C=O) groups is 2. The Bertz CT molecular complexity index is 926. The summed E-state index contributed by atoms with van der Waals surface area (Å²) in [6.45, 7) is 0. The van der Waals surface area contributed by atoms with Gasteiger partial charge < -0.3 is 5.11 Å². The first-order valence-electron chi connectivity index (χ1n) is 7.45. The third-order valence-electron chi connectivity index (χ3n) is 4.29. The van der Waals surface area contributed by atoms with Crippen molar-refractivity contribution >= 4 is 21.6 Å². The van der Waals surface area contributed by atoms with Gasteiger partial charge in [0.25, 0.3) is 0 Å². The highest BCUT2D eigenvalue weighted by molar-refractivity contribution is 7.90. The van der Waals surface area contributed by atoms with E-state index in [4.69, 9.17) is 5.11 Å². The number of carboxylic acids is 1. The molecule has 1 atom stereocenters. The number of carboxylic acid groups (broad SMARTS) is 1. The van der Waals surface area contributed by atoms with Gasteiger partial charge in [-0.3, -0.25) is 9.59 Å². The van der Waals surface area contributed by atoms with E-state index in [0.717, 1.165) is 17.4 Å². The van der Waals surface area contributed by atoms with Crippen LogP contribution in [0.3, 0.4) is 0 Å². The molecule has 0 bridgehead atoms. The van der Waals surface area contributed by atoms with E-state index in [0.29, 0.717) is 24.0 Å². The monoisotopic (exact) mass is 344 g/mol. The Morgan fingerprint density at radius 3 is 2.12 bits per heavy atom. The summed E-state index contributed by atoms with van der Waals surface area (Å²) < 4.78 is 22.9. The third-order valence-corrected chi connectivity index (χ3v) is 5.42. The predicted molar refractivity (Wildman–Crippen MR) is 88.0 cm³/mol. The van der Waals surface area contributed by atoms with Gasteiger partial charge in [-0.15, -0.1) is 0 Å². The Balaban J connectivity index is 1.87. The van der Waals surface area contributed by atoms with Crippen molar-refractivity contribution in [3.63, 3.8) is 0 Å². The molecule has 0 heterocycles. The first-order chi connectivity index (χ1) is 11.3. The van der Waals surface area contributed by atoms with E-state index in [1.165, 1.54) is 24.3 Å². The van der Waals surface area contributed by atoms with Gasteiger partial charge in [-0.2, -0.15) is 0 Å². The summed E-state index contributed by atoms with van der Waals surface area (Å²) in [7, 11) is -3.30. The molecule has 6 heteroatoms. The number of aliphatic carboxylic acids is 1. The first-order valence-corrected chi connectivity index (χ1v) is 9.34. The van der Waals surface area contributed by atoms with Crippen LogP contribution >= 0.6 is 0 Å². The molecule has 0 spiro atoms. The van der Waals surface area contributed by atoms with Crippen LogP contribution in [0.25, 0.3) is 0 Å². The number of hydrogen-bond acceptors (Lipinski definition) is 4. The van der Waals surface area contributed by atoms with E-state index in [2.05, 4.69) is 0 Å². The molecular formula is C18H16O5S. The molecule has 1 aliphatic carbocycles. The molecule has 0 fully saturated rings. The molecule has 0 amide bonds. The predicted octanol–water partition coefficient (Wildman–Crippen LogP) is 2.12. The van der Waals surface area contributed by atoms with Crippen molar-refractivity contribution in [2.24, 2.45) is 5.92 Å². The minimum atomic E-state index is -3.30. The molecule has 0 radical (unpaired) electrons. The second-order valence-corrected chi connectivity index (χ2v) is 8.07. The maximum atomic E-state index is 12.6. The minimum Gasteiger partial charge on any atom is -0.481 e. The molecule has 124 valence electrons. The molecule has 0 saturated heterocycles. The second kappa shape index (κ2) is 5.87. The highest BCUT2D eigenvalue weighted by Gasteiger charge is 2.27. The summed E-state index contributed by atoms with van der Waals surface area (Å²) >= 11 is 0. The van der Waals surface area contributed by atoms with Crippen LogP contribution in [0.4, 0.5) is 0 Å². The average molecular weight is 344 g/mol. The zero-order chi connectivity index (χ0) is 17.5. The number of sulfone groups is 1. The van der Waals surface area contributed by atoms with Crippen molar-refractivity contribution < 1.29 is 23.1 Å². The van der Waals surface area contributed by atoms with Gasteiger partial charge in [-0.25, -0.2) is 8.42 Å². The van der Waals surface area contributed by atoms with E-state index in [1.54, 1.807) is 18.2 Å². The number of rotatable bonds is 4. The summed E-state index contributed by atoms with van der Waals surface area (Å²) in [5, 5.41) is 9.12. The van der Waals surface area contributed by atoms with Gasteiger partial charge in [-0.05, 0) is 54.3 Å². The van der Waals surface area contributed by atoms with Crippen LogP contribution in [0.15, 0.2) is 47.4 Å². The Morgan fingerprint density at radius 2 is 1.54 bits per heavy atom. The lowest BCUT2D eigenvalue weighted by molar-refractivity contribution is -0.141. The molecule has 24 heavy (non-hydrogen) atoms. The Morgan fingerprint density at radius 1 is 0.958 bits per heavy atom. The SMILES string of the molecule is CS(=O)(=O)c1ccc(C(=O)c2ccc3c(c2)CC(C(=O)O)C3)cc1. The summed E-state index contributed by atoms with van der Waals surface area (Å²) in [4.78, 5) is 23.8. The number of carbonyl (C=O) groups excluding carboxylic acids is 1. The molecule has 1 aliphatic rings. The van der Waals surface area contributed by atoms with E-state index in [-0.39, 0.29) is 10.7 Å². The fourth-order valence-corrected chi connectivity index (χ4v) is 3.58. The molecule has 2 aromatic rings. The second-order valence-electron chi connectivity index (χ2n) is 6.05. The zero-order valence-electron chi connectivity index (χ0n) is 13.0. The van der Waals surface area contributed by atoms with Gasteiger partial charge in [0.15, 0.2) is 15.6 Å². The Kier molecular flexibility index (Phi) is 4.01. The highest BCUT2D eigenvalue weighted by Crippen LogP contribution is 2.28. The lowest BCUT2D eigenvalue weighted by Crippen LogP contribution is -2.12. The van der Waals surface area contributed by atoms with Crippen molar-refractivity contribution in [2.45, 2.75) is 17.7 Å². The normalized spacial score (nSPS) is 16.6. The smallest absolute Gasteiger partial charge is 0.307 e. The molecule has 2 aromatic carbocycles. The number of benzene rings is 2. The Hall–Kier alpha value is -2.47. The van der Waals surface area contributed by atoms with Crippen LogP contribution < -0.4 is 0 Å². The summed E-state index contributed by atoms with van der Waals surface area (Å²) in [5.74, 6) is -1.47. The fraction of sp³-hybridized carbons (Fsp3) is 0.222. The lowest BCUT2D eigenvalue weighted by atomic mass is 9.99. The van der Waals surface area contributed by atoms with Crippen molar-refractivity contribution in [2.75, 3.05) is 6.26 Å². The summed E-state index contributed by atoms with van der Waals surface area (Å²) in [6, 6.07) is 11.0. The number of ketones is 1. The zero-order valence-corrected chi connectivity index (χ0v) is 13.8. The molecule has 0 aliphatic heterocycles. The third kappa shape index (κ3) is 3.10. The summed E-state index contributed by atoms with van der Waals surface area (Å²) in [6.07, 6.45) is 2.03. The average Bonchev–Trinajstić information content (AvgIpc) is 2.97. The topological polar surface area (TPSA) is 88.5 Å². The maximum absolute atomic E-state index is 12.6. The molecule has 1 N–H and O–H groups in total. The maximum Gasteiger partial charge on any atom is 0.307 e. The van der Waals surface area contributed by atoms with Gasteiger partial charge >= 0.3 is 5.97 Å². The standard InChI is InChI=1S/C18H16O5S/c1-24(22,23)16-6-4-11(5-7-16)17(19)13-3-2-12-8-15(18(20)21)10-14(12)9-13/h2-7,9,15H,8,10H2,1H3,(H,20,21). The van der Waals surface area contributed by atoms with Crippen LogP contribution in [-0.4, -0.2) is 31.5 Å². The molecular weight excluding hydrogens is 328 g/mol. The van der Waals surface area contributed by atoms with E-state index < -0.39 is 21.7 Å². The van der Waals surface area contributed by atoms with E-state index in [9.17, 15) is 18.0 Å². The largest absolute Gasteiger partial charge is 0.481 e. The van der Waals surface area contributed by atoms with Crippen LogP contribution in [0.1, 0.15) is 27.0 Å². The van der Waals surface area contributed by atoms with Crippen LogP contribution in [-0.2, 0) is 27.5 Å². The number of hydrogen-bond donors (Lipinski definition) is 1. The molecule has 3 rings (SSSR count). The number of fused-ring (bicyclic) bond motifs is 1. The minimum absolute atomic E-state index is 0.164. The first kappa shape index (κ1) is 16.4. The van der Waals surface area contributed by atoms with E-state index in [1.807, 2.05) is 0 Å².